The molecule has 0 bridgehead atoms. The second-order valence-corrected chi connectivity index (χ2v) is 6.17. The Hall–Kier alpha value is 0. The van der Waals surface area contributed by atoms with E-state index in [0.717, 1.165) is 23.7 Å². The molecule has 0 radical (unpaired) electrons. The predicted octanol–water partition coefficient (Wildman–Crippen LogP) is 5.91. The maximum absolute atomic E-state index is 2.44. The number of hydrogen-bond donors (Lipinski definition) is 0. The van der Waals surface area contributed by atoms with E-state index in [4.69, 9.17) is 0 Å². The molecule has 0 aromatic carbocycles. The maximum Gasteiger partial charge on any atom is -0.0417 e. The highest BCUT2D eigenvalue weighted by atomic mass is 14.2. The van der Waals surface area contributed by atoms with Crippen LogP contribution in [-0.4, -0.2) is 0 Å². The van der Waals surface area contributed by atoms with Crippen LogP contribution in [0.25, 0.3) is 0 Å². The molecule has 0 rings (SSSR count). The Labute approximate surface area is 104 Å². The van der Waals surface area contributed by atoms with Crippen molar-refractivity contribution in [3.63, 3.8) is 0 Å². The molecule has 4 atom stereocenters. The predicted molar refractivity (Wildman–Crippen MR) is 75.7 cm³/mol. The minimum absolute atomic E-state index is 0.903. The van der Waals surface area contributed by atoms with E-state index in [1.54, 1.807) is 0 Å². The fourth-order valence-corrected chi connectivity index (χ4v) is 2.65. The molecule has 0 aliphatic carbocycles. The molecule has 0 heterocycles. The van der Waals surface area contributed by atoms with Crippen molar-refractivity contribution in [3.05, 3.63) is 0 Å². The van der Waals surface area contributed by atoms with Crippen LogP contribution in [0.15, 0.2) is 0 Å². The quantitative estimate of drug-likeness (QED) is 0.458. The summed E-state index contributed by atoms with van der Waals surface area (Å²) in [7, 11) is 0. The van der Waals surface area contributed by atoms with Crippen LogP contribution in [0, 0.1) is 23.7 Å². The third-order valence-electron chi connectivity index (χ3n) is 4.32. The Morgan fingerprint density at radius 3 is 1.75 bits per heavy atom. The van der Waals surface area contributed by atoms with Crippen molar-refractivity contribution in [1.29, 1.82) is 0 Å². The van der Waals surface area contributed by atoms with Crippen LogP contribution in [0.2, 0.25) is 0 Å². The summed E-state index contributed by atoms with van der Waals surface area (Å²) in [6, 6.07) is 0. The monoisotopic (exact) mass is 226 g/mol. The van der Waals surface area contributed by atoms with Crippen LogP contribution >= 0.6 is 0 Å². The van der Waals surface area contributed by atoms with Gasteiger partial charge in [-0.3, -0.25) is 0 Å². The molecule has 0 N–H and O–H groups in total. The fourth-order valence-electron chi connectivity index (χ4n) is 2.65. The van der Waals surface area contributed by atoms with Gasteiger partial charge in [0.25, 0.3) is 0 Å². The minimum Gasteiger partial charge on any atom is -0.0654 e. The van der Waals surface area contributed by atoms with Gasteiger partial charge in [0.2, 0.25) is 0 Å². The molecule has 0 saturated carbocycles. The molecule has 0 heteroatoms. The van der Waals surface area contributed by atoms with Gasteiger partial charge in [0, 0.05) is 0 Å². The molecule has 98 valence electrons. The molecular weight excluding hydrogens is 192 g/mol. The summed E-state index contributed by atoms with van der Waals surface area (Å²) in [5, 5.41) is 0. The van der Waals surface area contributed by atoms with E-state index in [1.165, 1.54) is 38.5 Å². The standard InChI is InChI=1S/C16H34/c1-7-9-13(3)12-14(4)10-11-16(6)15(5)8-2/h13-16H,7-12H2,1-6H3. The van der Waals surface area contributed by atoms with Gasteiger partial charge in [-0.05, 0) is 30.1 Å². The third kappa shape index (κ3) is 7.30. The van der Waals surface area contributed by atoms with Crippen LogP contribution in [0.5, 0.6) is 0 Å². The van der Waals surface area contributed by atoms with E-state index in [-0.39, 0.29) is 0 Å². The van der Waals surface area contributed by atoms with E-state index < -0.39 is 0 Å². The van der Waals surface area contributed by atoms with Crippen LogP contribution in [-0.2, 0) is 0 Å². The van der Waals surface area contributed by atoms with Gasteiger partial charge in [-0.1, -0.05) is 73.6 Å². The molecule has 0 nitrogen and oxygen atoms in total. The first-order chi connectivity index (χ1) is 7.51. The highest BCUT2D eigenvalue weighted by molar-refractivity contribution is 4.65. The zero-order valence-electron chi connectivity index (χ0n) is 12.6. The first-order valence-corrected chi connectivity index (χ1v) is 7.51. The summed E-state index contributed by atoms with van der Waals surface area (Å²) >= 11 is 0. The molecular formula is C16H34. The Kier molecular flexibility index (Phi) is 9.07. The van der Waals surface area contributed by atoms with Crippen molar-refractivity contribution in [2.75, 3.05) is 0 Å². The summed E-state index contributed by atoms with van der Waals surface area (Å²) < 4.78 is 0. The molecule has 0 aromatic heterocycles. The van der Waals surface area contributed by atoms with E-state index in [2.05, 4.69) is 41.5 Å². The Morgan fingerprint density at radius 2 is 1.25 bits per heavy atom. The summed E-state index contributed by atoms with van der Waals surface area (Å²) in [5.74, 6) is 3.67. The zero-order valence-corrected chi connectivity index (χ0v) is 12.6. The minimum atomic E-state index is 0.903. The Balaban J connectivity index is 3.67. The second kappa shape index (κ2) is 9.07. The average molecular weight is 226 g/mol. The maximum atomic E-state index is 2.44. The SMILES string of the molecule is CCCC(C)CC(C)CCC(C)C(C)CC. The summed E-state index contributed by atoms with van der Waals surface area (Å²) in [5.41, 5.74) is 0. The molecule has 0 aliphatic rings. The first kappa shape index (κ1) is 16.0. The van der Waals surface area contributed by atoms with Crippen molar-refractivity contribution in [2.45, 2.75) is 80.1 Å². The number of rotatable bonds is 9. The molecule has 0 saturated heterocycles. The van der Waals surface area contributed by atoms with E-state index in [1.807, 2.05) is 0 Å². The van der Waals surface area contributed by atoms with Gasteiger partial charge >= 0.3 is 0 Å². The van der Waals surface area contributed by atoms with Gasteiger partial charge < -0.3 is 0 Å². The molecule has 0 fully saturated rings. The van der Waals surface area contributed by atoms with Gasteiger partial charge in [-0.25, -0.2) is 0 Å². The Morgan fingerprint density at radius 1 is 0.688 bits per heavy atom. The van der Waals surface area contributed by atoms with Crippen molar-refractivity contribution < 1.29 is 0 Å². The summed E-state index contributed by atoms with van der Waals surface area (Å²) in [4.78, 5) is 0. The fraction of sp³-hybridized carbons (Fsp3) is 1.00. The van der Waals surface area contributed by atoms with E-state index >= 15 is 0 Å². The van der Waals surface area contributed by atoms with Crippen molar-refractivity contribution in [1.82, 2.24) is 0 Å². The lowest BCUT2D eigenvalue weighted by atomic mass is 9.84. The molecule has 4 unspecified atom stereocenters. The van der Waals surface area contributed by atoms with Gasteiger partial charge in [-0.15, -0.1) is 0 Å². The third-order valence-corrected chi connectivity index (χ3v) is 4.32. The molecule has 0 amide bonds. The van der Waals surface area contributed by atoms with Gasteiger partial charge in [0.1, 0.15) is 0 Å². The first-order valence-electron chi connectivity index (χ1n) is 7.51. The van der Waals surface area contributed by atoms with E-state index in [9.17, 15) is 0 Å². The number of hydrogen-bond acceptors (Lipinski definition) is 0. The second-order valence-electron chi connectivity index (χ2n) is 6.17. The van der Waals surface area contributed by atoms with Crippen molar-refractivity contribution >= 4 is 0 Å². The highest BCUT2D eigenvalue weighted by Gasteiger charge is 2.13. The van der Waals surface area contributed by atoms with Crippen molar-refractivity contribution in [2.24, 2.45) is 23.7 Å². The van der Waals surface area contributed by atoms with Crippen LogP contribution in [0.4, 0.5) is 0 Å². The lowest BCUT2D eigenvalue weighted by Crippen LogP contribution is -2.10. The van der Waals surface area contributed by atoms with Crippen LogP contribution < -0.4 is 0 Å². The van der Waals surface area contributed by atoms with Gasteiger partial charge in [0.15, 0.2) is 0 Å². The normalized spacial score (nSPS) is 19.1. The van der Waals surface area contributed by atoms with Crippen molar-refractivity contribution in [3.8, 4) is 0 Å². The highest BCUT2D eigenvalue weighted by Crippen LogP contribution is 2.25. The summed E-state index contributed by atoms with van der Waals surface area (Å²) in [6.45, 7) is 14.3. The van der Waals surface area contributed by atoms with Crippen LogP contribution in [0.3, 0.4) is 0 Å². The smallest absolute Gasteiger partial charge is 0.0417 e. The molecule has 0 spiro atoms. The lowest BCUT2D eigenvalue weighted by Gasteiger charge is -2.22. The Bertz CT molecular complexity index is 150. The average Bonchev–Trinajstić information content (AvgIpc) is 2.24. The zero-order chi connectivity index (χ0) is 12.6. The topological polar surface area (TPSA) is 0 Å². The lowest BCUT2D eigenvalue weighted by molar-refractivity contribution is 0.300. The molecule has 0 aromatic rings. The summed E-state index contributed by atoms with van der Waals surface area (Å²) in [6.07, 6.45) is 8.37. The largest absolute Gasteiger partial charge is 0.0654 e. The van der Waals surface area contributed by atoms with E-state index in [0.29, 0.717) is 0 Å². The van der Waals surface area contributed by atoms with Gasteiger partial charge in [0.05, 0.1) is 0 Å². The van der Waals surface area contributed by atoms with Crippen LogP contribution in [0.1, 0.15) is 80.1 Å². The molecule has 16 heavy (non-hydrogen) atoms. The molecule has 0 aliphatic heterocycles. The van der Waals surface area contributed by atoms with Gasteiger partial charge in [-0.2, -0.15) is 0 Å².